The molecule has 1 aliphatic heterocycles. The fraction of sp³-hybridized carbons (Fsp3) is 0.217. The van der Waals surface area contributed by atoms with Crippen LogP contribution in [-0.2, 0) is 13.0 Å². The molecule has 7 heteroatoms. The SMILES string of the molecule is C=C(N)/C=C/c1[nH]/c(=N\C=N)ccc1-c1c(-c2cc(C)cc(C)n2)nn2c1CCC2. The summed E-state index contributed by atoms with van der Waals surface area (Å²) < 4.78 is 2.09. The number of aryl methyl sites for hydroxylation is 3. The van der Waals surface area contributed by atoms with Gasteiger partial charge in [-0.25, -0.2) is 4.99 Å². The molecule has 1 aliphatic rings. The first-order chi connectivity index (χ1) is 14.5. The fourth-order valence-corrected chi connectivity index (χ4v) is 3.94. The highest BCUT2D eigenvalue weighted by atomic mass is 15.3. The molecule has 0 saturated heterocycles. The largest absolute Gasteiger partial charge is 0.399 e. The molecule has 4 N–H and O–H groups in total. The van der Waals surface area contributed by atoms with Gasteiger partial charge in [0.05, 0.1) is 5.69 Å². The number of fused-ring (bicyclic) bond motifs is 1. The Morgan fingerprint density at radius 1 is 1.33 bits per heavy atom. The van der Waals surface area contributed by atoms with Gasteiger partial charge < -0.3 is 10.7 Å². The van der Waals surface area contributed by atoms with Crippen LogP contribution >= 0.6 is 0 Å². The minimum absolute atomic E-state index is 0.458. The van der Waals surface area contributed by atoms with Crippen LogP contribution in [0, 0.1) is 19.3 Å². The summed E-state index contributed by atoms with van der Waals surface area (Å²) >= 11 is 0. The van der Waals surface area contributed by atoms with E-state index in [0.29, 0.717) is 11.2 Å². The lowest BCUT2D eigenvalue weighted by Gasteiger charge is -2.10. The number of rotatable bonds is 5. The number of pyridine rings is 2. The predicted octanol–water partition coefficient (Wildman–Crippen LogP) is 3.50. The number of hydrogen-bond acceptors (Lipinski definition) is 4. The van der Waals surface area contributed by atoms with Gasteiger partial charge in [-0.1, -0.05) is 6.58 Å². The van der Waals surface area contributed by atoms with Crippen LogP contribution in [0.3, 0.4) is 0 Å². The maximum Gasteiger partial charge on any atom is 0.132 e. The molecule has 3 aromatic heterocycles. The smallest absolute Gasteiger partial charge is 0.132 e. The number of aromatic amines is 1. The summed E-state index contributed by atoms with van der Waals surface area (Å²) in [6.07, 6.45) is 6.70. The topological polar surface area (TPSA) is 109 Å². The van der Waals surface area contributed by atoms with Crippen molar-refractivity contribution in [2.75, 3.05) is 0 Å². The van der Waals surface area contributed by atoms with Crippen molar-refractivity contribution in [1.29, 1.82) is 5.41 Å². The van der Waals surface area contributed by atoms with Gasteiger partial charge in [-0.2, -0.15) is 5.10 Å². The van der Waals surface area contributed by atoms with Gasteiger partial charge in [-0.3, -0.25) is 15.1 Å². The Kier molecular flexibility index (Phi) is 5.18. The van der Waals surface area contributed by atoms with Crippen LogP contribution < -0.4 is 11.2 Å². The van der Waals surface area contributed by atoms with Crippen molar-refractivity contribution in [3.63, 3.8) is 0 Å². The van der Waals surface area contributed by atoms with Gasteiger partial charge in [0.15, 0.2) is 0 Å². The molecule has 7 nitrogen and oxygen atoms in total. The molecule has 0 radical (unpaired) electrons. The lowest BCUT2D eigenvalue weighted by Crippen LogP contribution is -2.09. The van der Waals surface area contributed by atoms with Gasteiger partial charge in [0.1, 0.15) is 17.5 Å². The molecule has 0 saturated carbocycles. The van der Waals surface area contributed by atoms with Crippen molar-refractivity contribution < 1.29 is 0 Å². The average molecular weight is 400 g/mol. The Balaban J connectivity index is 2.00. The average Bonchev–Trinajstić information content (AvgIpc) is 3.27. The molecule has 0 fully saturated rings. The first-order valence-electron chi connectivity index (χ1n) is 9.90. The summed E-state index contributed by atoms with van der Waals surface area (Å²) in [5.74, 6) is 0. The molecule has 0 bridgehead atoms. The van der Waals surface area contributed by atoms with E-state index >= 15 is 0 Å². The zero-order valence-corrected chi connectivity index (χ0v) is 17.2. The summed E-state index contributed by atoms with van der Waals surface area (Å²) in [6.45, 7) is 8.74. The van der Waals surface area contributed by atoms with Crippen molar-refractivity contribution in [2.24, 2.45) is 10.7 Å². The molecular weight excluding hydrogens is 374 g/mol. The van der Waals surface area contributed by atoms with E-state index in [9.17, 15) is 0 Å². The van der Waals surface area contributed by atoms with Crippen molar-refractivity contribution in [3.8, 4) is 22.5 Å². The minimum Gasteiger partial charge on any atom is -0.399 e. The molecule has 0 aliphatic carbocycles. The highest BCUT2D eigenvalue weighted by molar-refractivity contribution is 5.86. The molecule has 4 rings (SSSR count). The summed E-state index contributed by atoms with van der Waals surface area (Å²) in [4.78, 5) is 12.1. The monoisotopic (exact) mass is 399 g/mol. The molecule has 0 atom stereocenters. The number of nitrogens with one attached hydrogen (secondary N) is 2. The molecule has 0 spiro atoms. The van der Waals surface area contributed by atoms with Crippen LogP contribution in [0.1, 0.15) is 29.1 Å². The molecular formula is C23H25N7. The van der Waals surface area contributed by atoms with Crippen molar-refractivity contribution >= 4 is 12.4 Å². The van der Waals surface area contributed by atoms with E-state index in [1.807, 2.05) is 25.1 Å². The minimum atomic E-state index is 0.458. The van der Waals surface area contributed by atoms with E-state index in [2.05, 4.69) is 40.3 Å². The molecule has 0 amide bonds. The summed E-state index contributed by atoms with van der Waals surface area (Å²) in [5.41, 5.74) is 14.8. The van der Waals surface area contributed by atoms with E-state index in [1.54, 1.807) is 6.08 Å². The van der Waals surface area contributed by atoms with Gasteiger partial charge in [0.2, 0.25) is 0 Å². The first kappa shape index (κ1) is 19.6. The molecule has 30 heavy (non-hydrogen) atoms. The van der Waals surface area contributed by atoms with Crippen LogP contribution in [0.25, 0.3) is 28.6 Å². The Morgan fingerprint density at radius 2 is 2.17 bits per heavy atom. The highest BCUT2D eigenvalue weighted by Gasteiger charge is 2.26. The highest BCUT2D eigenvalue weighted by Crippen LogP contribution is 2.38. The normalized spacial score (nSPS) is 13.7. The maximum atomic E-state index is 7.28. The Bertz CT molecular complexity index is 1220. The third-order valence-electron chi connectivity index (χ3n) is 5.08. The molecule has 4 heterocycles. The zero-order chi connectivity index (χ0) is 21.3. The number of aromatic nitrogens is 4. The summed E-state index contributed by atoms with van der Waals surface area (Å²) in [7, 11) is 0. The van der Waals surface area contributed by atoms with Gasteiger partial charge in [0, 0.05) is 40.5 Å². The lowest BCUT2D eigenvalue weighted by molar-refractivity contribution is 0.658. The van der Waals surface area contributed by atoms with Crippen LogP contribution in [-0.4, -0.2) is 26.1 Å². The van der Waals surface area contributed by atoms with Crippen molar-refractivity contribution in [2.45, 2.75) is 33.2 Å². The van der Waals surface area contributed by atoms with Gasteiger partial charge in [-0.05, 0) is 68.7 Å². The van der Waals surface area contributed by atoms with E-state index in [1.165, 1.54) is 5.69 Å². The van der Waals surface area contributed by atoms with E-state index < -0.39 is 0 Å². The van der Waals surface area contributed by atoms with Crippen LogP contribution in [0.5, 0.6) is 0 Å². The second-order valence-corrected chi connectivity index (χ2v) is 7.51. The van der Waals surface area contributed by atoms with Crippen molar-refractivity contribution in [3.05, 3.63) is 70.8 Å². The van der Waals surface area contributed by atoms with Crippen LogP contribution in [0.2, 0.25) is 0 Å². The summed E-state index contributed by atoms with van der Waals surface area (Å²) in [5, 5.41) is 12.2. The lowest BCUT2D eigenvalue weighted by atomic mass is 9.97. The predicted molar refractivity (Wildman–Crippen MR) is 120 cm³/mol. The van der Waals surface area contributed by atoms with Crippen molar-refractivity contribution in [1.82, 2.24) is 19.7 Å². The number of allylic oxidation sites excluding steroid dienone is 1. The number of H-pyrrole nitrogens is 1. The van der Waals surface area contributed by atoms with E-state index in [4.69, 9.17) is 21.2 Å². The van der Waals surface area contributed by atoms with Gasteiger partial charge in [0.25, 0.3) is 0 Å². The van der Waals surface area contributed by atoms with Crippen LogP contribution in [0.15, 0.2) is 47.6 Å². The quantitative estimate of drug-likeness (QED) is 0.347. The molecule has 0 unspecified atom stereocenters. The van der Waals surface area contributed by atoms with Gasteiger partial charge >= 0.3 is 0 Å². The summed E-state index contributed by atoms with van der Waals surface area (Å²) in [6, 6.07) is 8.02. The number of nitrogens with two attached hydrogens (primary N) is 1. The third kappa shape index (κ3) is 3.74. The molecule has 3 aromatic rings. The maximum absolute atomic E-state index is 7.28. The standard InChI is InChI=1S/C23H25N7/c1-14-11-16(3)27-19(12-14)23-22(20-5-4-10-30(20)29-23)17-7-9-21(26-13-24)28-18(17)8-6-15(2)25/h6-9,11-13H,2,4-5,10,25H2,1,3H3,(H2,24,26,28)/b8-6+. The Morgan fingerprint density at radius 3 is 2.90 bits per heavy atom. The Hall–Kier alpha value is -3.74. The third-order valence-corrected chi connectivity index (χ3v) is 5.08. The van der Waals surface area contributed by atoms with Crippen LogP contribution in [0.4, 0.5) is 0 Å². The first-order valence-corrected chi connectivity index (χ1v) is 9.90. The van der Waals surface area contributed by atoms with E-state index in [0.717, 1.165) is 65.2 Å². The Labute approximate surface area is 175 Å². The number of hydrogen-bond donors (Lipinski definition) is 3. The van der Waals surface area contributed by atoms with Gasteiger partial charge in [-0.15, -0.1) is 0 Å². The fourth-order valence-electron chi connectivity index (χ4n) is 3.94. The van der Waals surface area contributed by atoms with E-state index in [-0.39, 0.29) is 0 Å². The molecule has 152 valence electrons. The zero-order valence-electron chi connectivity index (χ0n) is 17.2. The second kappa shape index (κ2) is 7.94. The molecule has 0 aromatic carbocycles. The second-order valence-electron chi connectivity index (χ2n) is 7.51. The number of nitrogens with zero attached hydrogens (tertiary/aromatic N) is 4.